The van der Waals surface area contributed by atoms with E-state index in [1.165, 1.54) is 30.4 Å². The lowest BCUT2D eigenvalue weighted by Gasteiger charge is -2.38. The van der Waals surface area contributed by atoms with Gasteiger partial charge in [-0.1, -0.05) is 38.1 Å². The molecule has 3 atom stereocenters. The Kier molecular flexibility index (Phi) is 3.84. The predicted octanol–water partition coefficient (Wildman–Crippen LogP) is 4.08. The molecule has 1 aromatic rings. The number of ketones is 1. The van der Waals surface area contributed by atoms with Gasteiger partial charge >= 0.3 is 0 Å². The summed E-state index contributed by atoms with van der Waals surface area (Å²) in [5, 5.41) is 0. The highest BCUT2D eigenvalue weighted by Crippen LogP contribution is 2.59. The van der Waals surface area contributed by atoms with Gasteiger partial charge in [0.2, 0.25) is 0 Å². The van der Waals surface area contributed by atoms with Crippen LogP contribution in [0.5, 0.6) is 0 Å². The van der Waals surface area contributed by atoms with Crippen LogP contribution in [0.25, 0.3) is 0 Å². The Morgan fingerprint density at radius 3 is 2.74 bits per heavy atom. The van der Waals surface area contributed by atoms with Crippen LogP contribution in [0.4, 0.5) is 0 Å². The van der Waals surface area contributed by atoms with Gasteiger partial charge < -0.3 is 0 Å². The van der Waals surface area contributed by atoms with Crippen LogP contribution in [0, 0.1) is 23.2 Å². The minimum atomic E-state index is 0.245. The summed E-state index contributed by atoms with van der Waals surface area (Å²) < 4.78 is 0. The molecule has 0 spiro atoms. The fourth-order valence-corrected chi connectivity index (χ4v) is 5.70. The summed E-state index contributed by atoms with van der Waals surface area (Å²) in [5.74, 6) is 2.35. The first-order valence-corrected chi connectivity index (χ1v) is 9.37. The lowest BCUT2D eigenvalue weighted by molar-refractivity contribution is -0.129. The van der Waals surface area contributed by atoms with Gasteiger partial charge in [-0.05, 0) is 54.1 Å². The minimum absolute atomic E-state index is 0.245. The molecule has 1 aliphatic heterocycles. The van der Waals surface area contributed by atoms with Gasteiger partial charge in [-0.3, -0.25) is 9.69 Å². The monoisotopic (exact) mass is 311 g/mol. The van der Waals surface area contributed by atoms with E-state index in [1.807, 2.05) is 0 Å². The number of benzene rings is 1. The maximum absolute atomic E-state index is 12.9. The van der Waals surface area contributed by atoms with Gasteiger partial charge in [-0.15, -0.1) is 0 Å². The van der Waals surface area contributed by atoms with E-state index < -0.39 is 0 Å². The van der Waals surface area contributed by atoms with Crippen LogP contribution in [0.2, 0.25) is 0 Å². The summed E-state index contributed by atoms with van der Waals surface area (Å²) >= 11 is 0. The van der Waals surface area contributed by atoms with E-state index in [1.54, 1.807) is 0 Å². The maximum Gasteiger partial charge on any atom is 0.138 e. The van der Waals surface area contributed by atoms with Crippen LogP contribution in [0.3, 0.4) is 0 Å². The van der Waals surface area contributed by atoms with Crippen molar-refractivity contribution in [3.63, 3.8) is 0 Å². The van der Waals surface area contributed by atoms with E-state index in [9.17, 15) is 4.79 Å². The molecule has 2 fully saturated rings. The first-order valence-electron chi connectivity index (χ1n) is 9.37. The molecule has 3 aliphatic rings. The molecule has 23 heavy (non-hydrogen) atoms. The number of Topliss-reactive ketones (excluding diaryl/α,β-unsaturated/α-hetero) is 1. The summed E-state index contributed by atoms with van der Waals surface area (Å²) in [7, 11) is 0. The molecular weight excluding hydrogens is 282 g/mol. The van der Waals surface area contributed by atoms with Crippen LogP contribution < -0.4 is 0 Å². The smallest absolute Gasteiger partial charge is 0.138 e. The Hall–Kier alpha value is -1.15. The Bertz CT molecular complexity index is 606. The van der Waals surface area contributed by atoms with Crippen LogP contribution >= 0.6 is 0 Å². The second kappa shape index (κ2) is 5.73. The zero-order chi connectivity index (χ0) is 16.0. The van der Waals surface area contributed by atoms with Gasteiger partial charge in [0.1, 0.15) is 5.78 Å². The van der Waals surface area contributed by atoms with Crippen molar-refractivity contribution >= 4 is 5.78 Å². The highest BCUT2D eigenvalue weighted by molar-refractivity contribution is 5.83. The molecule has 0 unspecified atom stereocenters. The highest BCUT2D eigenvalue weighted by atomic mass is 16.1. The van der Waals surface area contributed by atoms with Crippen LogP contribution in [0.1, 0.15) is 50.7 Å². The van der Waals surface area contributed by atoms with E-state index in [2.05, 4.69) is 43.0 Å². The van der Waals surface area contributed by atoms with Crippen molar-refractivity contribution in [3.8, 4) is 0 Å². The summed E-state index contributed by atoms with van der Waals surface area (Å²) in [4.78, 5) is 15.4. The number of fused-ring (bicyclic) bond motifs is 3. The fraction of sp³-hybridized carbons (Fsp3) is 0.667. The Morgan fingerprint density at radius 2 is 2.00 bits per heavy atom. The van der Waals surface area contributed by atoms with Crippen LogP contribution in [0.15, 0.2) is 24.3 Å². The van der Waals surface area contributed by atoms with Crippen LogP contribution in [-0.2, 0) is 17.8 Å². The standard InChI is InChI=1S/C21H29NO/c1-21(2)18-8-7-16(13-18)20(21)19(23)10-12-22-11-9-15-5-3-4-6-17(15)14-22/h3-6,16,18,20H,7-14H2,1-2H3/t16-,18+,20-/m1/s1. The Morgan fingerprint density at radius 1 is 1.22 bits per heavy atom. The summed E-state index contributed by atoms with van der Waals surface area (Å²) in [6, 6.07) is 8.75. The zero-order valence-corrected chi connectivity index (χ0v) is 14.6. The average Bonchev–Trinajstić information content (AvgIpc) is 3.11. The molecule has 1 aromatic carbocycles. The fourth-order valence-electron chi connectivity index (χ4n) is 5.70. The van der Waals surface area contributed by atoms with E-state index in [-0.39, 0.29) is 5.41 Å². The SMILES string of the molecule is CC1(C)[C@H]2CC[C@H](C2)[C@@H]1C(=O)CCN1CCc2ccccc2C1. The van der Waals surface area contributed by atoms with Gasteiger partial charge in [-0.2, -0.15) is 0 Å². The first kappa shape index (κ1) is 15.4. The van der Waals surface area contributed by atoms with E-state index >= 15 is 0 Å². The molecule has 1 heterocycles. The molecule has 0 N–H and O–H groups in total. The minimum Gasteiger partial charge on any atom is -0.299 e. The quantitative estimate of drug-likeness (QED) is 0.835. The molecule has 0 radical (unpaired) electrons. The lowest BCUT2D eigenvalue weighted by atomic mass is 9.66. The van der Waals surface area contributed by atoms with Gasteiger partial charge in [0, 0.05) is 32.0 Å². The largest absolute Gasteiger partial charge is 0.299 e. The molecule has 0 saturated heterocycles. The number of nitrogens with zero attached hydrogens (tertiary/aromatic N) is 1. The van der Waals surface area contributed by atoms with Gasteiger partial charge in [0.15, 0.2) is 0 Å². The molecular formula is C21H29NO. The highest BCUT2D eigenvalue weighted by Gasteiger charge is 2.54. The summed E-state index contributed by atoms with van der Waals surface area (Å²) in [5.41, 5.74) is 3.19. The predicted molar refractivity (Wildman–Crippen MR) is 93.1 cm³/mol. The Balaban J connectivity index is 1.36. The molecule has 124 valence electrons. The molecule has 2 saturated carbocycles. The number of hydrogen-bond acceptors (Lipinski definition) is 2. The topological polar surface area (TPSA) is 20.3 Å². The third kappa shape index (κ3) is 2.65. The second-order valence-corrected chi connectivity index (χ2v) is 8.58. The second-order valence-electron chi connectivity index (χ2n) is 8.58. The van der Waals surface area contributed by atoms with E-state index in [0.29, 0.717) is 17.6 Å². The van der Waals surface area contributed by atoms with Crippen LogP contribution in [-0.4, -0.2) is 23.8 Å². The Labute approximate surface area is 140 Å². The van der Waals surface area contributed by atoms with Crippen molar-refractivity contribution in [3.05, 3.63) is 35.4 Å². The average molecular weight is 311 g/mol. The van der Waals surface area contributed by atoms with Crippen molar-refractivity contribution < 1.29 is 4.79 Å². The maximum atomic E-state index is 12.9. The third-order valence-corrected chi connectivity index (χ3v) is 7.03. The number of carbonyl (C=O) groups excluding carboxylic acids is 1. The van der Waals surface area contributed by atoms with Crippen molar-refractivity contribution in [1.29, 1.82) is 0 Å². The van der Waals surface area contributed by atoms with Crippen molar-refractivity contribution in [2.75, 3.05) is 13.1 Å². The van der Waals surface area contributed by atoms with Gasteiger partial charge in [0.05, 0.1) is 0 Å². The van der Waals surface area contributed by atoms with E-state index in [0.717, 1.165) is 38.4 Å². The molecule has 2 aliphatic carbocycles. The number of hydrogen-bond donors (Lipinski definition) is 0. The third-order valence-electron chi connectivity index (χ3n) is 7.03. The molecule has 2 bridgehead atoms. The van der Waals surface area contributed by atoms with Crippen molar-refractivity contribution in [1.82, 2.24) is 4.90 Å². The van der Waals surface area contributed by atoms with Gasteiger partial charge in [0.25, 0.3) is 0 Å². The molecule has 4 rings (SSSR count). The first-order chi connectivity index (χ1) is 11.1. The van der Waals surface area contributed by atoms with Crippen molar-refractivity contribution in [2.24, 2.45) is 23.2 Å². The summed E-state index contributed by atoms with van der Waals surface area (Å²) in [6.45, 7) is 7.75. The zero-order valence-electron chi connectivity index (χ0n) is 14.6. The normalized spacial score (nSPS) is 32.0. The molecule has 0 amide bonds. The lowest BCUT2D eigenvalue weighted by Crippen LogP contribution is -2.38. The molecule has 0 aromatic heterocycles. The molecule has 2 heteroatoms. The van der Waals surface area contributed by atoms with Crippen molar-refractivity contribution in [2.45, 2.75) is 52.5 Å². The number of carbonyl (C=O) groups is 1. The summed E-state index contributed by atoms with van der Waals surface area (Å²) in [6.07, 6.45) is 5.83. The van der Waals surface area contributed by atoms with E-state index in [4.69, 9.17) is 0 Å². The van der Waals surface area contributed by atoms with Gasteiger partial charge in [-0.25, -0.2) is 0 Å². The number of rotatable bonds is 4. The molecule has 2 nitrogen and oxygen atoms in total.